The van der Waals surface area contributed by atoms with Crippen LogP contribution >= 0.6 is 0 Å². The van der Waals surface area contributed by atoms with Crippen molar-refractivity contribution in [2.24, 2.45) is 0 Å². The van der Waals surface area contributed by atoms with Crippen molar-refractivity contribution in [3.05, 3.63) is 30.1 Å². The highest BCUT2D eigenvalue weighted by atomic mass is 16.6. The molecule has 7 heteroatoms. The van der Waals surface area contributed by atoms with Crippen molar-refractivity contribution < 1.29 is 19.0 Å². The van der Waals surface area contributed by atoms with E-state index in [9.17, 15) is 4.79 Å². The second-order valence-corrected chi connectivity index (χ2v) is 8.29. The lowest BCUT2D eigenvalue weighted by atomic mass is 10.1. The van der Waals surface area contributed by atoms with Gasteiger partial charge in [-0.15, -0.1) is 0 Å². The van der Waals surface area contributed by atoms with Crippen LogP contribution in [0.4, 0.5) is 4.79 Å². The van der Waals surface area contributed by atoms with Crippen LogP contribution in [0.2, 0.25) is 0 Å². The first kappa shape index (κ1) is 21.3. The van der Waals surface area contributed by atoms with Crippen LogP contribution in [0.25, 0.3) is 11.0 Å². The van der Waals surface area contributed by atoms with Gasteiger partial charge in [0.2, 0.25) is 0 Å². The Morgan fingerprint density at radius 1 is 1.31 bits per heavy atom. The summed E-state index contributed by atoms with van der Waals surface area (Å²) in [5, 5.41) is 0.922. The topological polar surface area (TPSA) is 73.8 Å². The third kappa shape index (κ3) is 5.79. The summed E-state index contributed by atoms with van der Waals surface area (Å²) in [5.41, 5.74) is 1.17. The van der Waals surface area contributed by atoms with Gasteiger partial charge in [-0.3, -0.25) is 4.90 Å². The summed E-state index contributed by atoms with van der Waals surface area (Å²) in [5.74, 6) is 0.799. The highest BCUT2D eigenvalue weighted by Crippen LogP contribution is 2.25. The number of amides is 1. The lowest BCUT2D eigenvalue weighted by molar-refractivity contribution is -0.0496. The standard InChI is InChI=1S/C22H31N3O4/c1-22(2,3)29-21(26)25-13-8-11-19(25)28-14-6-5-9-16-15-18(27-4)17-10-7-12-23-20(17)24-16/h7,10,12,15,19H,5-6,8-9,11,13-14H2,1-4H3. The molecule has 1 aliphatic heterocycles. The number of hydrogen-bond acceptors (Lipinski definition) is 6. The average Bonchev–Trinajstić information content (AvgIpc) is 3.14. The van der Waals surface area contributed by atoms with Gasteiger partial charge in [-0.2, -0.15) is 0 Å². The zero-order valence-corrected chi connectivity index (χ0v) is 17.8. The van der Waals surface area contributed by atoms with Crippen molar-refractivity contribution in [2.75, 3.05) is 20.3 Å². The molecule has 2 aromatic heterocycles. The second-order valence-electron chi connectivity index (χ2n) is 8.29. The van der Waals surface area contributed by atoms with E-state index in [0.29, 0.717) is 18.8 Å². The molecule has 0 saturated carbocycles. The molecule has 0 radical (unpaired) electrons. The van der Waals surface area contributed by atoms with E-state index in [2.05, 4.69) is 9.97 Å². The predicted octanol–water partition coefficient (Wildman–Crippen LogP) is 4.33. The monoisotopic (exact) mass is 401 g/mol. The smallest absolute Gasteiger partial charge is 0.412 e. The first-order valence-electron chi connectivity index (χ1n) is 10.3. The summed E-state index contributed by atoms with van der Waals surface area (Å²) in [6.07, 6.45) is 5.72. The van der Waals surface area contributed by atoms with Gasteiger partial charge < -0.3 is 14.2 Å². The summed E-state index contributed by atoms with van der Waals surface area (Å²) < 4.78 is 16.9. The molecule has 0 aliphatic carbocycles. The van der Waals surface area contributed by atoms with Gasteiger partial charge in [-0.1, -0.05) is 0 Å². The molecule has 0 bridgehead atoms. The van der Waals surface area contributed by atoms with E-state index in [0.717, 1.165) is 48.9 Å². The van der Waals surface area contributed by atoms with E-state index in [4.69, 9.17) is 14.2 Å². The molecule has 2 aromatic rings. The molecule has 0 N–H and O–H groups in total. The summed E-state index contributed by atoms with van der Waals surface area (Å²) >= 11 is 0. The Morgan fingerprint density at radius 2 is 2.14 bits per heavy atom. The Bertz CT molecular complexity index is 834. The van der Waals surface area contributed by atoms with Gasteiger partial charge >= 0.3 is 6.09 Å². The molecular weight excluding hydrogens is 370 g/mol. The molecule has 1 saturated heterocycles. The third-order valence-corrected chi connectivity index (χ3v) is 4.78. The summed E-state index contributed by atoms with van der Waals surface area (Å²) in [6.45, 7) is 6.92. The Balaban J connectivity index is 1.46. The maximum Gasteiger partial charge on any atom is 0.412 e. The van der Waals surface area contributed by atoms with E-state index in [1.54, 1.807) is 18.2 Å². The minimum absolute atomic E-state index is 0.187. The number of carbonyl (C=O) groups is 1. The SMILES string of the molecule is COc1cc(CCCCOC2CCCN2C(=O)OC(C)(C)C)nc2ncccc12. The zero-order valence-electron chi connectivity index (χ0n) is 17.8. The zero-order chi connectivity index (χ0) is 20.9. The van der Waals surface area contributed by atoms with Gasteiger partial charge in [0.15, 0.2) is 5.65 Å². The fraction of sp³-hybridized carbons (Fsp3) is 0.591. The van der Waals surface area contributed by atoms with E-state index in [-0.39, 0.29) is 12.3 Å². The number of pyridine rings is 2. The van der Waals surface area contributed by atoms with Gasteiger partial charge in [0, 0.05) is 31.1 Å². The van der Waals surface area contributed by atoms with Gasteiger partial charge in [0.05, 0.1) is 12.5 Å². The first-order chi connectivity index (χ1) is 13.9. The number of ether oxygens (including phenoxy) is 3. The summed E-state index contributed by atoms with van der Waals surface area (Å²) in [7, 11) is 1.66. The Hall–Kier alpha value is -2.41. The molecule has 7 nitrogen and oxygen atoms in total. The number of nitrogens with zero attached hydrogens (tertiary/aromatic N) is 3. The lowest BCUT2D eigenvalue weighted by Gasteiger charge is -2.28. The summed E-state index contributed by atoms with van der Waals surface area (Å²) in [4.78, 5) is 23.0. The van der Waals surface area contributed by atoms with Crippen LogP contribution in [0, 0.1) is 0 Å². The number of unbranched alkanes of at least 4 members (excludes halogenated alkanes) is 1. The quantitative estimate of drug-likeness (QED) is 0.643. The number of rotatable bonds is 7. The van der Waals surface area contributed by atoms with Crippen LogP contribution in [0.5, 0.6) is 5.75 Å². The molecule has 158 valence electrons. The van der Waals surface area contributed by atoms with Gasteiger partial charge in [0.25, 0.3) is 0 Å². The molecule has 1 aliphatic rings. The fourth-order valence-corrected chi connectivity index (χ4v) is 3.44. The molecule has 0 aromatic carbocycles. The van der Waals surface area contributed by atoms with E-state index >= 15 is 0 Å². The molecule has 1 unspecified atom stereocenters. The summed E-state index contributed by atoms with van der Waals surface area (Å²) in [6, 6.07) is 5.82. The molecule has 3 rings (SSSR count). The Morgan fingerprint density at radius 3 is 2.90 bits per heavy atom. The molecule has 1 amide bonds. The maximum absolute atomic E-state index is 12.3. The number of likely N-dealkylation sites (tertiary alicyclic amines) is 1. The molecule has 1 fully saturated rings. The average molecular weight is 402 g/mol. The van der Waals surface area contributed by atoms with Crippen molar-refractivity contribution in [3.63, 3.8) is 0 Å². The second kappa shape index (κ2) is 9.39. The molecule has 3 heterocycles. The van der Waals surface area contributed by atoms with Crippen LogP contribution in [0.1, 0.15) is 52.1 Å². The highest BCUT2D eigenvalue weighted by molar-refractivity contribution is 5.81. The van der Waals surface area contributed by atoms with E-state index in [1.165, 1.54) is 0 Å². The maximum atomic E-state index is 12.3. The van der Waals surface area contributed by atoms with Crippen LogP contribution in [0.15, 0.2) is 24.4 Å². The molecule has 29 heavy (non-hydrogen) atoms. The number of methoxy groups -OCH3 is 1. The molecular formula is C22H31N3O4. The van der Waals surface area contributed by atoms with E-state index in [1.807, 2.05) is 39.0 Å². The Kier molecular flexibility index (Phi) is 6.90. The number of fused-ring (bicyclic) bond motifs is 1. The van der Waals surface area contributed by atoms with Crippen molar-refractivity contribution in [2.45, 2.75) is 64.7 Å². The number of aromatic nitrogens is 2. The van der Waals surface area contributed by atoms with Gasteiger partial charge in [0.1, 0.15) is 17.6 Å². The van der Waals surface area contributed by atoms with Crippen molar-refractivity contribution in [1.29, 1.82) is 0 Å². The minimum Gasteiger partial charge on any atom is -0.496 e. The van der Waals surface area contributed by atoms with Crippen molar-refractivity contribution in [1.82, 2.24) is 14.9 Å². The number of aryl methyl sites for hydroxylation is 1. The van der Waals surface area contributed by atoms with Crippen LogP contribution in [-0.4, -0.2) is 53.1 Å². The first-order valence-corrected chi connectivity index (χ1v) is 10.3. The third-order valence-electron chi connectivity index (χ3n) is 4.78. The van der Waals surface area contributed by atoms with Crippen LogP contribution in [-0.2, 0) is 15.9 Å². The minimum atomic E-state index is -0.493. The lowest BCUT2D eigenvalue weighted by Crippen LogP contribution is -2.41. The van der Waals surface area contributed by atoms with Crippen molar-refractivity contribution in [3.8, 4) is 5.75 Å². The van der Waals surface area contributed by atoms with Gasteiger partial charge in [-0.05, 0) is 65.0 Å². The predicted molar refractivity (Wildman–Crippen MR) is 111 cm³/mol. The van der Waals surface area contributed by atoms with E-state index < -0.39 is 5.60 Å². The molecule has 1 atom stereocenters. The highest BCUT2D eigenvalue weighted by Gasteiger charge is 2.32. The largest absolute Gasteiger partial charge is 0.496 e. The number of carbonyl (C=O) groups excluding carboxylic acids is 1. The normalized spacial score (nSPS) is 17.0. The van der Waals surface area contributed by atoms with Crippen LogP contribution < -0.4 is 4.74 Å². The van der Waals surface area contributed by atoms with Crippen LogP contribution in [0.3, 0.4) is 0 Å². The number of hydrogen-bond donors (Lipinski definition) is 0. The Labute approximate surface area is 172 Å². The molecule has 0 spiro atoms. The van der Waals surface area contributed by atoms with Gasteiger partial charge in [-0.25, -0.2) is 14.8 Å². The van der Waals surface area contributed by atoms with Crippen molar-refractivity contribution >= 4 is 17.1 Å². The fourth-order valence-electron chi connectivity index (χ4n) is 3.44.